The Balaban J connectivity index is 2.63. The van der Waals surface area contributed by atoms with Gasteiger partial charge >= 0.3 is 0 Å². The SMILES string of the molecule is Cc1cc(-c2ccccc2)c(C)c(C)n1. The molecule has 0 saturated carbocycles. The van der Waals surface area contributed by atoms with Crippen molar-refractivity contribution in [1.29, 1.82) is 0 Å². The van der Waals surface area contributed by atoms with Crippen LogP contribution in [0.5, 0.6) is 0 Å². The highest BCUT2D eigenvalue weighted by Crippen LogP contribution is 2.25. The van der Waals surface area contributed by atoms with Crippen molar-refractivity contribution in [2.75, 3.05) is 0 Å². The Morgan fingerprint density at radius 1 is 0.933 bits per heavy atom. The molecule has 0 saturated heterocycles. The molecule has 0 spiro atoms. The fourth-order valence-electron chi connectivity index (χ4n) is 1.81. The average Bonchev–Trinajstić information content (AvgIpc) is 2.24. The Hall–Kier alpha value is -1.63. The summed E-state index contributed by atoms with van der Waals surface area (Å²) in [7, 11) is 0. The quantitative estimate of drug-likeness (QED) is 0.679. The van der Waals surface area contributed by atoms with E-state index in [1.807, 2.05) is 13.0 Å². The van der Waals surface area contributed by atoms with Crippen LogP contribution in [-0.2, 0) is 0 Å². The zero-order valence-corrected chi connectivity index (χ0v) is 9.41. The maximum Gasteiger partial charge on any atom is 0.0411 e. The molecule has 76 valence electrons. The molecule has 1 heteroatoms. The van der Waals surface area contributed by atoms with Gasteiger partial charge in [0.15, 0.2) is 0 Å². The molecular weight excluding hydrogens is 182 g/mol. The molecule has 2 aromatic rings. The predicted molar refractivity (Wildman–Crippen MR) is 63.9 cm³/mol. The van der Waals surface area contributed by atoms with Gasteiger partial charge in [-0.2, -0.15) is 0 Å². The number of rotatable bonds is 1. The van der Waals surface area contributed by atoms with Gasteiger partial charge in [0.25, 0.3) is 0 Å². The van der Waals surface area contributed by atoms with Gasteiger partial charge in [0, 0.05) is 11.4 Å². The first kappa shape index (κ1) is 9.91. The molecule has 1 aromatic heterocycles. The van der Waals surface area contributed by atoms with Gasteiger partial charge in [-0.15, -0.1) is 0 Å². The standard InChI is InChI=1S/C14H15N/c1-10-9-14(11(2)12(3)15-10)13-7-5-4-6-8-13/h4-9H,1-3H3. The summed E-state index contributed by atoms with van der Waals surface area (Å²) < 4.78 is 0. The lowest BCUT2D eigenvalue weighted by Gasteiger charge is -2.09. The molecule has 15 heavy (non-hydrogen) atoms. The van der Waals surface area contributed by atoms with E-state index >= 15 is 0 Å². The van der Waals surface area contributed by atoms with Gasteiger partial charge in [0.2, 0.25) is 0 Å². The lowest BCUT2D eigenvalue weighted by atomic mass is 9.99. The molecule has 0 radical (unpaired) electrons. The summed E-state index contributed by atoms with van der Waals surface area (Å²) >= 11 is 0. The van der Waals surface area contributed by atoms with E-state index in [0.717, 1.165) is 11.4 Å². The first-order valence-corrected chi connectivity index (χ1v) is 5.19. The second-order valence-corrected chi connectivity index (χ2v) is 3.89. The molecule has 0 aliphatic heterocycles. The molecule has 1 nitrogen and oxygen atoms in total. The number of hydrogen-bond acceptors (Lipinski definition) is 1. The molecule has 0 aliphatic carbocycles. The molecule has 0 atom stereocenters. The van der Waals surface area contributed by atoms with Crippen molar-refractivity contribution in [3.8, 4) is 11.1 Å². The third kappa shape index (κ3) is 1.91. The van der Waals surface area contributed by atoms with Gasteiger partial charge < -0.3 is 0 Å². The van der Waals surface area contributed by atoms with E-state index in [9.17, 15) is 0 Å². The number of benzene rings is 1. The van der Waals surface area contributed by atoms with E-state index in [1.54, 1.807) is 0 Å². The summed E-state index contributed by atoms with van der Waals surface area (Å²) in [6.07, 6.45) is 0. The van der Waals surface area contributed by atoms with Crippen LogP contribution < -0.4 is 0 Å². The van der Waals surface area contributed by atoms with Crippen LogP contribution in [0.1, 0.15) is 17.0 Å². The molecule has 0 amide bonds. The van der Waals surface area contributed by atoms with E-state index < -0.39 is 0 Å². The number of aromatic nitrogens is 1. The molecule has 0 aliphatic rings. The molecular formula is C14H15N. The molecule has 0 unspecified atom stereocenters. The van der Waals surface area contributed by atoms with E-state index in [0.29, 0.717) is 0 Å². The Morgan fingerprint density at radius 2 is 1.60 bits per heavy atom. The first-order chi connectivity index (χ1) is 7.18. The number of pyridine rings is 1. The highest BCUT2D eigenvalue weighted by Gasteiger charge is 2.05. The summed E-state index contributed by atoms with van der Waals surface area (Å²) in [5, 5.41) is 0. The number of hydrogen-bond donors (Lipinski definition) is 0. The second kappa shape index (κ2) is 3.85. The highest BCUT2D eigenvalue weighted by molar-refractivity contribution is 5.67. The monoisotopic (exact) mass is 197 g/mol. The summed E-state index contributed by atoms with van der Waals surface area (Å²) in [6.45, 7) is 6.23. The van der Waals surface area contributed by atoms with E-state index in [2.05, 4.69) is 49.2 Å². The minimum absolute atomic E-state index is 1.08. The van der Waals surface area contributed by atoms with E-state index in [-0.39, 0.29) is 0 Å². The average molecular weight is 197 g/mol. The summed E-state index contributed by atoms with van der Waals surface area (Å²) in [6, 6.07) is 12.6. The summed E-state index contributed by atoms with van der Waals surface area (Å²) in [5.41, 5.74) is 6.03. The van der Waals surface area contributed by atoms with Crippen LogP contribution in [0.15, 0.2) is 36.4 Å². The van der Waals surface area contributed by atoms with Gasteiger partial charge in [0.05, 0.1) is 0 Å². The zero-order valence-electron chi connectivity index (χ0n) is 9.41. The Bertz CT molecular complexity index is 472. The van der Waals surface area contributed by atoms with Crippen LogP contribution in [0.3, 0.4) is 0 Å². The summed E-state index contributed by atoms with van der Waals surface area (Å²) in [4.78, 5) is 4.46. The normalized spacial score (nSPS) is 10.3. The molecule has 0 N–H and O–H groups in total. The van der Waals surface area contributed by atoms with E-state index in [4.69, 9.17) is 0 Å². The third-order valence-corrected chi connectivity index (χ3v) is 2.73. The van der Waals surface area contributed by atoms with Crippen molar-refractivity contribution in [2.45, 2.75) is 20.8 Å². The van der Waals surface area contributed by atoms with Crippen molar-refractivity contribution in [2.24, 2.45) is 0 Å². The zero-order chi connectivity index (χ0) is 10.8. The van der Waals surface area contributed by atoms with Gasteiger partial charge in [-0.25, -0.2) is 0 Å². The Labute approximate surface area is 90.8 Å². The van der Waals surface area contributed by atoms with Crippen LogP contribution in [-0.4, -0.2) is 4.98 Å². The molecule has 1 heterocycles. The van der Waals surface area contributed by atoms with Gasteiger partial charge in [0.1, 0.15) is 0 Å². The van der Waals surface area contributed by atoms with Gasteiger partial charge in [-0.05, 0) is 43.5 Å². The molecule has 0 fully saturated rings. The fourth-order valence-corrected chi connectivity index (χ4v) is 1.81. The molecule has 2 rings (SSSR count). The largest absolute Gasteiger partial charge is 0.258 e. The van der Waals surface area contributed by atoms with Crippen LogP contribution in [0.2, 0.25) is 0 Å². The maximum atomic E-state index is 4.46. The maximum absolute atomic E-state index is 4.46. The van der Waals surface area contributed by atoms with Crippen molar-refractivity contribution in [1.82, 2.24) is 4.98 Å². The topological polar surface area (TPSA) is 12.9 Å². The minimum atomic E-state index is 1.08. The predicted octanol–water partition coefficient (Wildman–Crippen LogP) is 3.67. The fraction of sp³-hybridized carbons (Fsp3) is 0.214. The third-order valence-electron chi connectivity index (χ3n) is 2.73. The molecule has 1 aromatic carbocycles. The Morgan fingerprint density at radius 3 is 2.27 bits per heavy atom. The van der Waals surface area contributed by atoms with Crippen molar-refractivity contribution in [3.63, 3.8) is 0 Å². The van der Waals surface area contributed by atoms with Gasteiger partial charge in [-0.3, -0.25) is 4.98 Å². The van der Waals surface area contributed by atoms with Crippen molar-refractivity contribution < 1.29 is 0 Å². The van der Waals surface area contributed by atoms with Crippen LogP contribution >= 0.6 is 0 Å². The summed E-state index contributed by atoms with van der Waals surface area (Å²) in [5.74, 6) is 0. The van der Waals surface area contributed by atoms with Crippen LogP contribution in [0.4, 0.5) is 0 Å². The highest BCUT2D eigenvalue weighted by atomic mass is 14.7. The van der Waals surface area contributed by atoms with Crippen LogP contribution in [0.25, 0.3) is 11.1 Å². The smallest absolute Gasteiger partial charge is 0.0411 e. The van der Waals surface area contributed by atoms with Crippen molar-refractivity contribution >= 4 is 0 Å². The van der Waals surface area contributed by atoms with Crippen LogP contribution in [0, 0.1) is 20.8 Å². The minimum Gasteiger partial charge on any atom is -0.258 e. The first-order valence-electron chi connectivity index (χ1n) is 5.19. The Kier molecular flexibility index (Phi) is 2.55. The molecule has 0 bridgehead atoms. The number of nitrogens with zero attached hydrogens (tertiary/aromatic N) is 1. The second-order valence-electron chi connectivity index (χ2n) is 3.89. The van der Waals surface area contributed by atoms with Gasteiger partial charge in [-0.1, -0.05) is 30.3 Å². The lowest BCUT2D eigenvalue weighted by Crippen LogP contribution is -1.93. The number of aryl methyl sites for hydroxylation is 2. The lowest BCUT2D eigenvalue weighted by molar-refractivity contribution is 1.09. The van der Waals surface area contributed by atoms with E-state index in [1.165, 1.54) is 16.7 Å². The van der Waals surface area contributed by atoms with Crippen molar-refractivity contribution in [3.05, 3.63) is 53.3 Å².